The maximum atomic E-state index is 6.11. The highest BCUT2D eigenvalue weighted by Crippen LogP contribution is 2.24. The van der Waals surface area contributed by atoms with Crippen molar-refractivity contribution in [1.29, 1.82) is 0 Å². The lowest BCUT2D eigenvalue weighted by Crippen LogP contribution is -2.29. The number of ether oxygens (including phenoxy) is 1. The molecule has 2 nitrogen and oxygen atoms in total. The van der Waals surface area contributed by atoms with Crippen LogP contribution in [0.5, 0.6) is 0 Å². The molecule has 0 bridgehead atoms. The second-order valence-corrected chi connectivity index (χ2v) is 5.15. The van der Waals surface area contributed by atoms with Crippen LogP contribution in [0, 0.1) is 3.57 Å². The van der Waals surface area contributed by atoms with Crippen LogP contribution in [-0.2, 0) is 4.74 Å². The molecule has 2 unspecified atom stereocenters. The summed E-state index contributed by atoms with van der Waals surface area (Å²) in [5, 5.41) is 4.08. The van der Waals surface area contributed by atoms with Gasteiger partial charge in [0.05, 0.1) is 16.8 Å². The monoisotopic (exact) mass is 339 g/mol. The van der Waals surface area contributed by atoms with E-state index in [1.165, 1.54) is 0 Å². The van der Waals surface area contributed by atoms with Gasteiger partial charge >= 0.3 is 0 Å². The highest BCUT2D eigenvalue weighted by molar-refractivity contribution is 14.1. The van der Waals surface area contributed by atoms with Crippen molar-refractivity contribution in [1.82, 2.24) is 0 Å². The molecule has 0 aliphatic heterocycles. The molecule has 0 saturated heterocycles. The lowest BCUT2D eigenvalue weighted by molar-refractivity contribution is 0.106. The quantitative estimate of drug-likeness (QED) is 0.843. The molecule has 0 heterocycles. The summed E-state index contributed by atoms with van der Waals surface area (Å²) in [6.45, 7) is 4.10. The third-order valence-corrected chi connectivity index (χ3v) is 3.37. The summed E-state index contributed by atoms with van der Waals surface area (Å²) in [7, 11) is 1.71. The highest BCUT2D eigenvalue weighted by atomic mass is 127. The van der Waals surface area contributed by atoms with E-state index in [2.05, 4.69) is 34.8 Å². The fraction of sp³-hybridized carbons (Fsp3) is 0.455. The topological polar surface area (TPSA) is 21.3 Å². The highest BCUT2D eigenvalue weighted by Gasteiger charge is 2.12. The number of nitrogens with one attached hydrogen (secondary N) is 1. The zero-order valence-electron chi connectivity index (χ0n) is 9.05. The van der Waals surface area contributed by atoms with Gasteiger partial charge in [-0.25, -0.2) is 0 Å². The average molecular weight is 340 g/mol. The van der Waals surface area contributed by atoms with E-state index >= 15 is 0 Å². The molecule has 84 valence electrons. The number of methoxy groups -OCH3 is 1. The Hall–Kier alpha value is -0.0000000000000000555. The molecule has 0 spiro atoms. The lowest BCUT2D eigenvalue weighted by Gasteiger charge is -2.21. The Morgan fingerprint density at radius 3 is 2.60 bits per heavy atom. The van der Waals surface area contributed by atoms with Crippen molar-refractivity contribution in [3.63, 3.8) is 0 Å². The van der Waals surface area contributed by atoms with E-state index in [4.69, 9.17) is 16.3 Å². The van der Waals surface area contributed by atoms with Gasteiger partial charge in [0.15, 0.2) is 0 Å². The zero-order valence-corrected chi connectivity index (χ0v) is 12.0. The van der Waals surface area contributed by atoms with Gasteiger partial charge in [0.25, 0.3) is 0 Å². The summed E-state index contributed by atoms with van der Waals surface area (Å²) in [5.74, 6) is 0. The van der Waals surface area contributed by atoms with Crippen molar-refractivity contribution in [3.05, 3.63) is 26.8 Å². The van der Waals surface area contributed by atoms with Gasteiger partial charge in [-0.3, -0.25) is 0 Å². The van der Waals surface area contributed by atoms with Crippen LogP contribution in [0.2, 0.25) is 5.02 Å². The molecule has 0 radical (unpaired) electrons. The third-order valence-electron chi connectivity index (χ3n) is 2.39. The molecule has 1 aromatic carbocycles. The second-order valence-electron chi connectivity index (χ2n) is 3.50. The van der Waals surface area contributed by atoms with E-state index in [1.54, 1.807) is 7.11 Å². The fourth-order valence-electron chi connectivity index (χ4n) is 1.17. The van der Waals surface area contributed by atoms with Crippen LogP contribution in [0.3, 0.4) is 0 Å². The Kier molecular flexibility index (Phi) is 5.15. The van der Waals surface area contributed by atoms with Gasteiger partial charge in [-0.1, -0.05) is 11.6 Å². The van der Waals surface area contributed by atoms with Gasteiger partial charge in [-0.15, -0.1) is 0 Å². The van der Waals surface area contributed by atoms with Crippen molar-refractivity contribution >= 4 is 39.9 Å². The molecule has 4 heteroatoms. The van der Waals surface area contributed by atoms with E-state index in [0.29, 0.717) is 0 Å². The van der Waals surface area contributed by atoms with Gasteiger partial charge in [0, 0.05) is 16.7 Å². The molecule has 0 amide bonds. The maximum Gasteiger partial charge on any atom is 0.0741 e. The van der Waals surface area contributed by atoms with Gasteiger partial charge in [0.2, 0.25) is 0 Å². The number of anilines is 1. The molecule has 0 aliphatic rings. The van der Waals surface area contributed by atoms with Crippen molar-refractivity contribution in [3.8, 4) is 0 Å². The first-order chi connectivity index (χ1) is 7.04. The molecule has 15 heavy (non-hydrogen) atoms. The van der Waals surface area contributed by atoms with Gasteiger partial charge < -0.3 is 10.1 Å². The summed E-state index contributed by atoms with van der Waals surface area (Å²) in [6.07, 6.45) is 0.153. The Morgan fingerprint density at radius 1 is 1.40 bits per heavy atom. The Balaban J connectivity index is 2.72. The first-order valence-electron chi connectivity index (χ1n) is 4.79. The van der Waals surface area contributed by atoms with Crippen LogP contribution in [0.15, 0.2) is 18.2 Å². The average Bonchev–Trinajstić information content (AvgIpc) is 2.20. The molecule has 0 aromatic heterocycles. The third kappa shape index (κ3) is 3.81. The summed E-state index contributed by atoms with van der Waals surface area (Å²) in [5.41, 5.74) is 0.952. The summed E-state index contributed by atoms with van der Waals surface area (Å²) < 4.78 is 6.38. The van der Waals surface area contributed by atoms with Crippen LogP contribution in [0.1, 0.15) is 13.8 Å². The van der Waals surface area contributed by atoms with Crippen LogP contribution in [-0.4, -0.2) is 19.3 Å². The Morgan fingerprint density at radius 2 is 2.07 bits per heavy atom. The molecule has 1 rings (SSSR count). The first-order valence-corrected chi connectivity index (χ1v) is 6.24. The fourth-order valence-corrected chi connectivity index (χ4v) is 2.08. The normalized spacial score (nSPS) is 14.7. The molecule has 0 saturated carbocycles. The number of halogens is 2. The van der Waals surface area contributed by atoms with E-state index < -0.39 is 0 Å². The lowest BCUT2D eigenvalue weighted by atomic mass is 10.2. The minimum absolute atomic E-state index is 0.153. The van der Waals surface area contributed by atoms with Crippen molar-refractivity contribution in [2.24, 2.45) is 0 Å². The Labute approximate surface area is 109 Å². The number of benzene rings is 1. The van der Waals surface area contributed by atoms with E-state index in [9.17, 15) is 0 Å². The van der Waals surface area contributed by atoms with E-state index in [-0.39, 0.29) is 12.1 Å². The van der Waals surface area contributed by atoms with E-state index in [1.807, 2.05) is 25.1 Å². The smallest absolute Gasteiger partial charge is 0.0741 e. The van der Waals surface area contributed by atoms with Crippen molar-refractivity contribution in [2.45, 2.75) is 26.0 Å². The first kappa shape index (κ1) is 13.1. The summed E-state index contributed by atoms with van der Waals surface area (Å²) in [4.78, 5) is 0. The second kappa shape index (κ2) is 5.92. The maximum absolute atomic E-state index is 6.11. The SMILES string of the molecule is COC(C)C(C)Nc1ccc(I)cc1Cl. The zero-order chi connectivity index (χ0) is 11.4. The van der Waals surface area contributed by atoms with Crippen molar-refractivity contribution < 1.29 is 4.74 Å². The number of hydrogen-bond acceptors (Lipinski definition) is 2. The minimum Gasteiger partial charge on any atom is -0.380 e. The molecule has 2 atom stereocenters. The molecular weight excluding hydrogens is 324 g/mol. The van der Waals surface area contributed by atoms with Crippen molar-refractivity contribution in [2.75, 3.05) is 12.4 Å². The summed E-state index contributed by atoms with van der Waals surface area (Å²) >= 11 is 8.35. The van der Waals surface area contributed by atoms with Gasteiger partial charge in [-0.2, -0.15) is 0 Å². The standard InChI is InChI=1S/C11H15ClINO/c1-7(8(2)15-3)14-11-5-4-9(13)6-10(11)12/h4-8,14H,1-3H3. The largest absolute Gasteiger partial charge is 0.380 e. The van der Waals surface area contributed by atoms with Crippen LogP contribution in [0.4, 0.5) is 5.69 Å². The molecule has 0 fully saturated rings. The number of rotatable bonds is 4. The predicted octanol–water partition coefficient (Wildman–Crippen LogP) is 3.78. The van der Waals surface area contributed by atoms with Crippen LogP contribution >= 0.6 is 34.2 Å². The Bertz CT molecular complexity index is 332. The minimum atomic E-state index is 0.153. The van der Waals surface area contributed by atoms with Crippen LogP contribution in [0.25, 0.3) is 0 Å². The predicted molar refractivity (Wildman–Crippen MR) is 73.7 cm³/mol. The molecular formula is C11H15ClINO. The molecule has 1 N–H and O–H groups in total. The van der Waals surface area contributed by atoms with Gasteiger partial charge in [0.1, 0.15) is 0 Å². The number of hydrogen-bond donors (Lipinski definition) is 1. The van der Waals surface area contributed by atoms with Crippen LogP contribution < -0.4 is 5.32 Å². The molecule has 0 aliphatic carbocycles. The van der Waals surface area contributed by atoms with E-state index in [0.717, 1.165) is 14.3 Å². The molecule has 1 aromatic rings. The summed E-state index contributed by atoms with van der Waals surface area (Å²) in [6, 6.07) is 6.18. The van der Waals surface area contributed by atoms with Gasteiger partial charge in [-0.05, 0) is 54.6 Å².